The Morgan fingerprint density at radius 1 is 0.857 bits per heavy atom. The van der Waals surface area contributed by atoms with Gasteiger partial charge in [0.1, 0.15) is 0 Å². The van der Waals surface area contributed by atoms with Gasteiger partial charge in [-0.05, 0) is 46.7 Å². The Morgan fingerprint density at radius 3 is 2.36 bits per heavy atom. The zero-order valence-electron chi connectivity index (χ0n) is 15.4. The average molecular weight is 377 g/mol. The Labute approximate surface area is 162 Å². The van der Waals surface area contributed by atoms with Crippen molar-refractivity contribution >= 4 is 34.5 Å². The summed E-state index contributed by atoms with van der Waals surface area (Å²) >= 11 is 0. The van der Waals surface area contributed by atoms with Crippen LogP contribution in [0.25, 0.3) is 10.8 Å². The van der Waals surface area contributed by atoms with E-state index in [0.29, 0.717) is 22.7 Å². The van der Waals surface area contributed by atoms with Crippen molar-refractivity contribution in [3.05, 3.63) is 66.2 Å². The van der Waals surface area contributed by atoms with Crippen LogP contribution in [-0.4, -0.2) is 32.2 Å². The summed E-state index contributed by atoms with van der Waals surface area (Å²) in [6.07, 6.45) is 1.41. The number of nitrogens with zero attached hydrogens (tertiary/aromatic N) is 1. The van der Waals surface area contributed by atoms with Crippen molar-refractivity contribution in [2.45, 2.75) is 0 Å². The zero-order valence-corrected chi connectivity index (χ0v) is 15.4. The highest BCUT2D eigenvalue weighted by Crippen LogP contribution is 2.26. The van der Waals surface area contributed by atoms with Gasteiger partial charge in [0.2, 0.25) is 0 Å². The molecule has 0 aromatic heterocycles. The Morgan fingerprint density at radius 2 is 1.61 bits per heavy atom. The number of hydrazone groups is 1. The van der Waals surface area contributed by atoms with Crippen molar-refractivity contribution in [3.8, 4) is 11.5 Å². The fraction of sp³-hybridized carbons (Fsp3) is 0.0952. The summed E-state index contributed by atoms with van der Waals surface area (Å²) < 4.78 is 10.4. The van der Waals surface area contributed by atoms with Crippen molar-refractivity contribution in [2.24, 2.45) is 5.10 Å². The zero-order chi connectivity index (χ0) is 19.9. The molecule has 3 rings (SSSR count). The smallest absolute Gasteiger partial charge is 0.329 e. The molecule has 0 spiro atoms. The van der Waals surface area contributed by atoms with Crippen LogP contribution in [-0.2, 0) is 9.59 Å². The minimum atomic E-state index is -0.870. The fourth-order valence-corrected chi connectivity index (χ4v) is 2.60. The highest BCUT2D eigenvalue weighted by Gasteiger charge is 2.13. The summed E-state index contributed by atoms with van der Waals surface area (Å²) in [4.78, 5) is 24.0. The number of fused-ring (bicyclic) bond motifs is 1. The number of carbonyl (C=O) groups excluding carboxylic acids is 2. The minimum Gasteiger partial charge on any atom is -0.493 e. The van der Waals surface area contributed by atoms with E-state index in [-0.39, 0.29) is 0 Å². The molecule has 0 unspecified atom stereocenters. The number of hydrogen-bond acceptors (Lipinski definition) is 5. The molecule has 0 aliphatic heterocycles. The van der Waals surface area contributed by atoms with Gasteiger partial charge in [0.15, 0.2) is 11.5 Å². The molecule has 3 aromatic carbocycles. The van der Waals surface area contributed by atoms with Gasteiger partial charge in [-0.15, -0.1) is 0 Å². The van der Waals surface area contributed by atoms with E-state index < -0.39 is 11.8 Å². The summed E-state index contributed by atoms with van der Waals surface area (Å²) in [6.45, 7) is 0. The van der Waals surface area contributed by atoms with E-state index in [1.165, 1.54) is 13.3 Å². The maximum Gasteiger partial charge on any atom is 0.329 e. The number of hydrogen-bond donors (Lipinski definition) is 2. The molecule has 2 N–H and O–H groups in total. The number of carbonyl (C=O) groups is 2. The van der Waals surface area contributed by atoms with E-state index in [2.05, 4.69) is 15.8 Å². The molecule has 7 heteroatoms. The van der Waals surface area contributed by atoms with Crippen LogP contribution in [0.1, 0.15) is 5.56 Å². The van der Waals surface area contributed by atoms with Crippen LogP contribution in [0.15, 0.2) is 65.8 Å². The topological polar surface area (TPSA) is 89.0 Å². The second-order valence-electron chi connectivity index (χ2n) is 5.83. The summed E-state index contributed by atoms with van der Waals surface area (Å²) in [6, 6.07) is 18.3. The summed E-state index contributed by atoms with van der Waals surface area (Å²) in [5.74, 6) is -0.560. The molecule has 0 aliphatic carbocycles. The number of anilines is 1. The number of ether oxygens (including phenoxy) is 2. The number of nitrogens with one attached hydrogen (secondary N) is 2. The van der Waals surface area contributed by atoms with Crippen LogP contribution >= 0.6 is 0 Å². The van der Waals surface area contributed by atoms with Crippen LogP contribution in [0.4, 0.5) is 5.69 Å². The molecule has 28 heavy (non-hydrogen) atoms. The molecule has 0 heterocycles. The monoisotopic (exact) mass is 377 g/mol. The molecule has 0 fully saturated rings. The molecular weight excluding hydrogens is 358 g/mol. The normalized spacial score (nSPS) is 10.6. The summed E-state index contributed by atoms with van der Waals surface area (Å²) in [7, 11) is 3.07. The average Bonchev–Trinajstić information content (AvgIpc) is 2.73. The van der Waals surface area contributed by atoms with Crippen LogP contribution in [0.3, 0.4) is 0 Å². The standard InChI is InChI=1S/C21H19N3O4/c1-27-18-10-7-14(11-19(18)28-2)13-22-24-21(26)20(25)23-17-9-8-15-5-3-4-6-16(15)12-17/h3-13H,1-2H3,(H,23,25)(H,24,26)/b22-13-. The Hall–Kier alpha value is -3.87. The summed E-state index contributed by atoms with van der Waals surface area (Å²) in [5.41, 5.74) is 3.41. The van der Waals surface area contributed by atoms with Gasteiger partial charge in [0, 0.05) is 5.69 Å². The highest BCUT2D eigenvalue weighted by atomic mass is 16.5. The van der Waals surface area contributed by atoms with Gasteiger partial charge in [0.25, 0.3) is 0 Å². The lowest BCUT2D eigenvalue weighted by Crippen LogP contribution is -2.32. The van der Waals surface area contributed by atoms with Crippen molar-refractivity contribution < 1.29 is 19.1 Å². The van der Waals surface area contributed by atoms with E-state index in [9.17, 15) is 9.59 Å². The first-order valence-corrected chi connectivity index (χ1v) is 8.46. The molecular formula is C21H19N3O4. The van der Waals surface area contributed by atoms with Gasteiger partial charge in [-0.1, -0.05) is 30.3 Å². The van der Waals surface area contributed by atoms with E-state index in [4.69, 9.17) is 9.47 Å². The van der Waals surface area contributed by atoms with E-state index in [1.807, 2.05) is 30.3 Å². The van der Waals surface area contributed by atoms with Crippen LogP contribution in [0.2, 0.25) is 0 Å². The third kappa shape index (κ3) is 4.45. The second-order valence-corrected chi connectivity index (χ2v) is 5.83. The predicted octanol–water partition coefficient (Wildman–Crippen LogP) is 2.95. The van der Waals surface area contributed by atoms with Crippen LogP contribution in [0.5, 0.6) is 11.5 Å². The van der Waals surface area contributed by atoms with Gasteiger partial charge in [-0.3, -0.25) is 9.59 Å². The fourth-order valence-electron chi connectivity index (χ4n) is 2.60. The lowest BCUT2D eigenvalue weighted by Gasteiger charge is -2.07. The van der Waals surface area contributed by atoms with Crippen molar-refractivity contribution in [1.82, 2.24) is 5.43 Å². The maximum atomic E-state index is 12.0. The van der Waals surface area contributed by atoms with Crippen LogP contribution in [0, 0.1) is 0 Å². The Kier molecular flexibility index (Phi) is 5.86. The maximum absolute atomic E-state index is 12.0. The van der Waals surface area contributed by atoms with E-state index >= 15 is 0 Å². The van der Waals surface area contributed by atoms with Crippen LogP contribution < -0.4 is 20.2 Å². The van der Waals surface area contributed by atoms with Gasteiger partial charge >= 0.3 is 11.8 Å². The third-order valence-corrected chi connectivity index (χ3v) is 4.00. The number of rotatable bonds is 5. The largest absolute Gasteiger partial charge is 0.493 e. The molecule has 3 aromatic rings. The number of amides is 2. The van der Waals surface area contributed by atoms with Gasteiger partial charge in [-0.25, -0.2) is 5.43 Å². The Balaban J connectivity index is 1.60. The van der Waals surface area contributed by atoms with Gasteiger partial charge in [-0.2, -0.15) is 5.10 Å². The number of benzene rings is 3. The van der Waals surface area contributed by atoms with Crippen molar-refractivity contribution in [1.29, 1.82) is 0 Å². The third-order valence-electron chi connectivity index (χ3n) is 4.00. The van der Waals surface area contributed by atoms with E-state index in [0.717, 1.165) is 10.8 Å². The predicted molar refractivity (Wildman–Crippen MR) is 108 cm³/mol. The first-order valence-electron chi connectivity index (χ1n) is 8.46. The molecule has 142 valence electrons. The second kappa shape index (κ2) is 8.68. The highest BCUT2D eigenvalue weighted by molar-refractivity contribution is 6.39. The SMILES string of the molecule is COc1ccc(/C=N\NC(=O)C(=O)Nc2ccc3ccccc3c2)cc1OC. The first-order chi connectivity index (χ1) is 13.6. The van der Waals surface area contributed by atoms with Crippen molar-refractivity contribution in [2.75, 3.05) is 19.5 Å². The molecule has 7 nitrogen and oxygen atoms in total. The lowest BCUT2D eigenvalue weighted by molar-refractivity contribution is -0.136. The quantitative estimate of drug-likeness (QED) is 0.406. The Bertz CT molecular complexity index is 1050. The lowest BCUT2D eigenvalue weighted by atomic mass is 10.1. The summed E-state index contributed by atoms with van der Waals surface area (Å²) in [5, 5.41) is 8.37. The molecule has 0 saturated heterocycles. The number of methoxy groups -OCH3 is 2. The molecule has 0 aliphatic rings. The molecule has 0 bridgehead atoms. The molecule has 0 radical (unpaired) electrons. The molecule has 0 atom stereocenters. The van der Waals surface area contributed by atoms with Crippen molar-refractivity contribution in [3.63, 3.8) is 0 Å². The van der Waals surface area contributed by atoms with Gasteiger partial charge < -0.3 is 14.8 Å². The van der Waals surface area contributed by atoms with E-state index in [1.54, 1.807) is 37.4 Å². The molecule has 2 amide bonds. The first kappa shape index (κ1) is 18.9. The van der Waals surface area contributed by atoms with Gasteiger partial charge in [0.05, 0.1) is 20.4 Å². The minimum absolute atomic E-state index is 0.530. The molecule has 0 saturated carbocycles.